The molecule has 0 amide bonds. The molecule has 2 aliphatic carbocycles. The second kappa shape index (κ2) is 7.08. The Labute approximate surface area is 120 Å². The SMILES string of the molecule is CCCN(CC1CCC1)C1(CN)CCC(CC)CC1. The fourth-order valence-electron chi connectivity index (χ4n) is 4.05. The van der Waals surface area contributed by atoms with Gasteiger partial charge in [-0.25, -0.2) is 0 Å². The van der Waals surface area contributed by atoms with E-state index in [-0.39, 0.29) is 0 Å². The molecule has 19 heavy (non-hydrogen) atoms. The smallest absolute Gasteiger partial charge is 0.0332 e. The topological polar surface area (TPSA) is 29.3 Å². The van der Waals surface area contributed by atoms with Crippen molar-refractivity contribution >= 4 is 0 Å². The van der Waals surface area contributed by atoms with Crippen LogP contribution in [0.4, 0.5) is 0 Å². The van der Waals surface area contributed by atoms with E-state index in [0.717, 1.165) is 18.4 Å². The highest BCUT2D eigenvalue weighted by Gasteiger charge is 2.39. The molecule has 0 radical (unpaired) electrons. The second-order valence-corrected chi connectivity index (χ2v) is 7.02. The average Bonchev–Trinajstić information content (AvgIpc) is 2.41. The first-order valence-electron chi connectivity index (χ1n) is 8.69. The summed E-state index contributed by atoms with van der Waals surface area (Å²) in [6.45, 7) is 8.11. The van der Waals surface area contributed by atoms with Crippen LogP contribution in [-0.2, 0) is 0 Å². The molecule has 0 aromatic carbocycles. The zero-order valence-corrected chi connectivity index (χ0v) is 13.2. The maximum absolute atomic E-state index is 6.25. The van der Waals surface area contributed by atoms with E-state index in [1.54, 1.807) is 0 Å². The van der Waals surface area contributed by atoms with E-state index >= 15 is 0 Å². The summed E-state index contributed by atoms with van der Waals surface area (Å²) < 4.78 is 0. The van der Waals surface area contributed by atoms with Crippen molar-refractivity contribution in [3.05, 3.63) is 0 Å². The molecule has 0 aromatic rings. The Bertz CT molecular complexity index is 252. The van der Waals surface area contributed by atoms with Gasteiger partial charge in [0, 0.05) is 18.6 Å². The van der Waals surface area contributed by atoms with Crippen LogP contribution in [0.5, 0.6) is 0 Å². The lowest BCUT2D eigenvalue weighted by Gasteiger charge is -2.49. The molecule has 2 heteroatoms. The zero-order valence-electron chi connectivity index (χ0n) is 13.2. The summed E-state index contributed by atoms with van der Waals surface area (Å²) in [5.74, 6) is 1.94. The molecule has 0 spiro atoms. The summed E-state index contributed by atoms with van der Waals surface area (Å²) in [6, 6.07) is 0. The van der Waals surface area contributed by atoms with Crippen LogP contribution < -0.4 is 5.73 Å². The molecule has 0 aromatic heterocycles. The van der Waals surface area contributed by atoms with E-state index in [2.05, 4.69) is 18.7 Å². The third-order valence-corrected chi connectivity index (χ3v) is 5.86. The van der Waals surface area contributed by atoms with Crippen molar-refractivity contribution in [2.45, 2.75) is 77.2 Å². The van der Waals surface area contributed by atoms with Crippen molar-refractivity contribution in [3.8, 4) is 0 Å². The molecule has 0 aliphatic heterocycles. The fraction of sp³-hybridized carbons (Fsp3) is 1.00. The lowest BCUT2D eigenvalue weighted by Crippen LogP contribution is -2.57. The van der Waals surface area contributed by atoms with Gasteiger partial charge in [-0.3, -0.25) is 4.90 Å². The van der Waals surface area contributed by atoms with Gasteiger partial charge in [-0.15, -0.1) is 0 Å². The summed E-state index contributed by atoms with van der Waals surface area (Å²) in [4.78, 5) is 2.79. The van der Waals surface area contributed by atoms with Crippen LogP contribution in [0.1, 0.15) is 71.6 Å². The molecule has 112 valence electrons. The van der Waals surface area contributed by atoms with Gasteiger partial charge in [0.05, 0.1) is 0 Å². The van der Waals surface area contributed by atoms with Gasteiger partial charge in [-0.1, -0.05) is 26.7 Å². The van der Waals surface area contributed by atoms with Crippen molar-refractivity contribution in [1.29, 1.82) is 0 Å². The van der Waals surface area contributed by atoms with E-state index in [0.29, 0.717) is 5.54 Å². The Morgan fingerprint density at radius 1 is 1.05 bits per heavy atom. The second-order valence-electron chi connectivity index (χ2n) is 7.02. The molecule has 0 saturated heterocycles. The fourth-order valence-corrected chi connectivity index (χ4v) is 4.05. The molecule has 0 unspecified atom stereocenters. The molecule has 0 atom stereocenters. The van der Waals surface area contributed by atoms with Gasteiger partial charge in [0.2, 0.25) is 0 Å². The monoisotopic (exact) mass is 266 g/mol. The first-order valence-corrected chi connectivity index (χ1v) is 8.69. The molecule has 0 bridgehead atoms. The van der Waals surface area contributed by atoms with Gasteiger partial charge in [0.1, 0.15) is 0 Å². The van der Waals surface area contributed by atoms with Crippen molar-refractivity contribution in [1.82, 2.24) is 4.90 Å². The van der Waals surface area contributed by atoms with Crippen LogP contribution in [0.15, 0.2) is 0 Å². The lowest BCUT2D eigenvalue weighted by molar-refractivity contribution is 0.0183. The van der Waals surface area contributed by atoms with Gasteiger partial charge in [0.15, 0.2) is 0 Å². The summed E-state index contributed by atoms with van der Waals surface area (Å²) in [6.07, 6.45) is 12.5. The van der Waals surface area contributed by atoms with Crippen molar-refractivity contribution in [2.75, 3.05) is 19.6 Å². The van der Waals surface area contributed by atoms with E-state index in [1.165, 1.54) is 70.9 Å². The highest BCUT2D eigenvalue weighted by molar-refractivity contribution is 4.96. The largest absolute Gasteiger partial charge is 0.329 e. The third-order valence-electron chi connectivity index (χ3n) is 5.86. The normalized spacial score (nSPS) is 32.5. The highest BCUT2D eigenvalue weighted by Crippen LogP contribution is 2.39. The Balaban J connectivity index is 1.98. The van der Waals surface area contributed by atoms with Crippen LogP contribution in [0, 0.1) is 11.8 Å². The Hall–Kier alpha value is -0.0800. The predicted molar refractivity (Wildman–Crippen MR) is 83.2 cm³/mol. The van der Waals surface area contributed by atoms with Crippen LogP contribution in [0.25, 0.3) is 0 Å². The minimum absolute atomic E-state index is 0.345. The molecule has 2 aliphatic rings. The minimum Gasteiger partial charge on any atom is -0.329 e. The van der Waals surface area contributed by atoms with Crippen LogP contribution >= 0.6 is 0 Å². The quantitative estimate of drug-likeness (QED) is 0.759. The van der Waals surface area contributed by atoms with Gasteiger partial charge in [0.25, 0.3) is 0 Å². The Morgan fingerprint density at radius 3 is 2.16 bits per heavy atom. The molecule has 2 rings (SSSR count). The molecular weight excluding hydrogens is 232 g/mol. The molecule has 2 nitrogen and oxygen atoms in total. The summed E-state index contributed by atoms with van der Waals surface area (Å²) in [7, 11) is 0. The number of hydrogen-bond acceptors (Lipinski definition) is 2. The molecule has 2 saturated carbocycles. The van der Waals surface area contributed by atoms with Crippen molar-refractivity contribution in [3.63, 3.8) is 0 Å². The standard InChI is InChI=1S/C17H34N2/c1-3-12-19(13-16-6-5-7-16)17(14-18)10-8-15(4-2)9-11-17/h15-16H,3-14,18H2,1-2H3. The number of nitrogens with two attached hydrogens (primary N) is 1. The lowest BCUT2D eigenvalue weighted by atomic mass is 9.73. The molecular formula is C17H34N2. The van der Waals surface area contributed by atoms with Gasteiger partial charge in [-0.2, -0.15) is 0 Å². The predicted octanol–water partition coefficient (Wildman–Crippen LogP) is 3.80. The number of rotatable bonds is 7. The Kier molecular flexibility index (Phi) is 5.70. The van der Waals surface area contributed by atoms with Gasteiger partial charge < -0.3 is 5.73 Å². The molecule has 0 heterocycles. The van der Waals surface area contributed by atoms with E-state index in [9.17, 15) is 0 Å². The maximum Gasteiger partial charge on any atom is 0.0332 e. The zero-order chi connectivity index (χ0) is 13.7. The maximum atomic E-state index is 6.25. The van der Waals surface area contributed by atoms with Gasteiger partial charge in [-0.05, 0) is 63.3 Å². The van der Waals surface area contributed by atoms with Crippen LogP contribution in [0.2, 0.25) is 0 Å². The number of hydrogen-bond donors (Lipinski definition) is 1. The minimum atomic E-state index is 0.345. The van der Waals surface area contributed by atoms with Crippen LogP contribution in [-0.4, -0.2) is 30.1 Å². The first kappa shape index (κ1) is 15.3. The summed E-state index contributed by atoms with van der Waals surface area (Å²) in [5, 5.41) is 0. The first-order chi connectivity index (χ1) is 9.24. The van der Waals surface area contributed by atoms with Crippen LogP contribution in [0.3, 0.4) is 0 Å². The highest BCUT2D eigenvalue weighted by atomic mass is 15.2. The van der Waals surface area contributed by atoms with Gasteiger partial charge >= 0.3 is 0 Å². The van der Waals surface area contributed by atoms with E-state index in [4.69, 9.17) is 5.73 Å². The molecule has 2 fully saturated rings. The third kappa shape index (κ3) is 3.52. The van der Waals surface area contributed by atoms with Crippen molar-refractivity contribution < 1.29 is 0 Å². The van der Waals surface area contributed by atoms with E-state index < -0.39 is 0 Å². The summed E-state index contributed by atoms with van der Waals surface area (Å²) in [5.41, 5.74) is 6.59. The van der Waals surface area contributed by atoms with Crippen molar-refractivity contribution in [2.24, 2.45) is 17.6 Å². The van der Waals surface area contributed by atoms with E-state index in [1.807, 2.05) is 0 Å². The molecule has 2 N–H and O–H groups in total. The number of nitrogens with zero attached hydrogens (tertiary/aromatic N) is 1. The Morgan fingerprint density at radius 2 is 1.74 bits per heavy atom. The average molecular weight is 266 g/mol. The summed E-state index contributed by atoms with van der Waals surface area (Å²) >= 11 is 0.